The molecule has 0 aliphatic heterocycles. The molecule has 3 heteroatoms. The second kappa shape index (κ2) is 1.27. The topological polar surface area (TPSA) is 0 Å². The molecule has 0 saturated heterocycles. The molecular formula is CHBF2. The quantitative estimate of drug-likeness (QED) is 0.356. The molecule has 0 aliphatic rings. The van der Waals surface area contributed by atoms with E-state index in [9.17, 15) is 8.78 Å². The Bertz CT molecular complexity index is 10.8. The molecule has 0 N–H and O–H groups in total. The third kappa shape index (κ3) is 292. The summed E-state index contributed by atoms with van der Waals surface area (Å²) in [5.74, 6) is 0. The van der Waals surface area contributed by atoms with Crippen molar-refractivity contribution in [1.29, 1.82) is 0 Å². The van der Waals surface area contributed by atoms with E-state index >= 15 is 0 Å². The average molecular weight is 61.8 g/mol. The van der Waals surface area contributed by atoms with E-state index in [0.717, 1.165) is 0 Å². The van der Waals surface area contributed by atoms with Gasteiger partial charge in [0.05, 0.1) is 0 Å². The van der Waals surface area contributed by atoms with Gasteiger partial charge in [0, 0.05) is 0 Å². The van der Waals surface area contributed by atoms with Crippen molar-refractivity contribution in [3.8, 4) is 0 Å². The van der Waals surface area contributed by atoms with Crippen LogP contribution in [0.5, 0.6) is 0 Å². The minimum absolute atomic E-state index is 2.67. The van der Waals surface area contributed by atoms with Crippen LogP contribution in [0.15, 0.2) is 0 Å². The summed E-state index contributed by atoms with van der Waals surface area (Å²) in [6.45, 7) is 0. The number of hydrogen-bond donors (Lipinski definition) is 0. The predicted molar refractivity (Wildman–Crippen MR) is 11.8 cm³/mol. The first-order valence-corrected chi connectivity index (χ1v) is 0.770. The van der Waals surface area contributed by atoms with Crippen LogP contribution in [-0.2, 0) is 0 Å². The molecule has 0 amide bonds. The van der Waals surface area contributed by atoms with Crippen molar-refractivity contribution in [3.63, 3.8) is 0 Å². The summed E-state index contributed by atoms with van der Waals surface area (Å²) in [7, 11) is 3.78. The molecule has 0 aromatic heterocycles. The minimum Gasteiger partial charge on any atom is -0.223 e. The van der Waals surface area contributed by atoms with Gasteiger partial charge in [-0.1, -0.05) is 0 Å². The normalized spacial score (nSPS) is 8.75. The predicted octanol–water partition coefficient (Wildman–Crippen LogP) is 0.377. The SMILES string of the molecule is [B]C(F)F. The molecule has 0 bridgehead atoms. The van der Waals surface area contributed by atoms with E-state index in [2.05, 4.69) is 7.85 Å². The van der Waals surface area contributed by atoms with E-state index in [0.29, 0.717) is 0 Å². The lowest BCUT2D eigenvalue weighted by molar-refractivity contribution is 0.242. The minimum atomic E-state index is -2.67. The van der Waals surface area contributed by atoms with Gasteiger partial charge >= 0.3 is 0 Å². The Morgan fingerprint density at radius 2 is 1.50 bits per heavy atom. The molecule has 0 nitrogen and oxygen atoms in total. The van der Waals surface area contributed by atoms with Crippen molar-refractivity contribution in [2.45, 2.75) is 6.32 Å². The molecule has 4 heavy (non-hydrogen) atoms. The smallest absolute Gasteiger partial charge is 0.190 e. The van der Waals surface area contributed by atoms with Gasteiger partial charge in [0.15, 0.2) is 14.2 Å². The van der Waals surface area contributed by atoms with Crippen molar-refractivity contribution in [2.75, 3.05) is 0 Å². The number of hydrogen-bond acceptors (Lipinski definition) is 0. The second-order valence-electron chi connectivity index (χ2n) is 0.334. The summed E-state index contributed by atoms with van der Waals surface area (Å²) in [5.41, 5.74) is 0. The lowest BCUT2D eigenvalue weighted by Gasteiger charge is -1.70. The van der Waals surface area contributed by atoms with E-state index in [-0.39, 0.29) is 0 Å². The fourth-order valence-corrected chi connectivity index (χ4v) is 0. The lowest BCUT2D eigenvalue weighted by Crippen LogP contribution is -1.80. The maximum Gasteiger partial charge on any atom is 0.190 e. The molecule has 0 spiro atoms. The van der Waals surface area contributed by atoms with Gasteiger partial charge in [-0.05, 0) is 0 Å². The first kappa shape index (κ1) is 3.92. The Hall–Kier alpha value is -0.0751. The highest BCUT2D eigenvalue weighted by Crippen LogP contribution is 1.76. The molecule has 0 aromatic carbocycles. The molecule has 2 radical (unpaired) electrons. The largest absolute Gasteiger partial charge is 0.223 e. The van der Waals surface area contributed by atoms with Crippen molar-refractivity contribution in [2.24, 2.45) is 0 Å². The van der Waals surface area contributed by atoms with Crippen LogP contribution in [0, 0.1) is 0 Å². The molecule has 0 atom stereocenters. The summed E-state index contributed by atoms with van der Waals surface area (Å²) in [4.78, 5) is 0. The molecule has 0 aromatic rings. The summed E-state index contributed by atoms with van der Waals surface area (Å²) >= 11 is 0. The first-order valence-electron chi connectivity index (χ1n) is 0.770. The molecular weight excluding hydrogens is 60.8 g/mol. The maximum absolute atomic E-state index is 10.1. The van der Waals surface area contributed by atoms with Crippen LogP contribution in [0.25, 0.3) is 0 Å². The van der Waals surface area contributed by atoms with Crippen LogP contribution in [0.1, 0.15) is 0 Å². The van der Waals surface area contributed by atoms with Gasteiger partial charge in [-0.3, -0.25) is 0 Å². The highest BCUT2D eigenvalue weighted by Gasteiger charge is 1.80. The van der Waals surface area contributed by atoms with Crippen LogP contribution in [0.3, 0.4) is 0 Å². The Morgan fingerprint density at radius 1 is 1.50 bits per heavy atom. The van der Waals surface area contributed by atoms with Crippen LogP contribution < -0.4 is 0 Å². The highest BCUT2D eigenvalue weighted by molar-refractivity contribution is 6.09. The number of halogens is 2. The fourth-order valence-electron chi connectivity index (χ4n) is 0. The van der Waals surface area contributed by atoms with Crippen LogP contribution >= 0.6 is 0 Å². The zero-order valence-corrected chi connectivity index (χ0v) is 1.91. The first-order chi connectivity index (χ1) is 1.73. The summed E-state index contributed by atoms with van der Waals surface area (Å²) in [5, 5.41) is 0. The molecule has 0 unspecified atom stereocenters. The molecule has 0 aliphatic carbocycles. The average Bonchev–Trinajstić information content (AvgIpc) is 0.811. The molecule has 0 fully saturated rings. The van der Waals surface area contributed by atoms with Gasteiger partial charge in [-0.25, -0.2) is 8.78 Å². The highest BCUT2D eigenvalue weighted by atomic mass is 19.3. The zero-order valence-electron chi connectivity index (χ0n) is 1.91. The van der Waals surface area contributed by atoms with E-state index in [1.54, 1.807) is 0 Å². The van der Waals surface area contributed by atoms with Crippen LogP contribution in [0.2, 0.25) is 0 Å². The Kier molecular flexibility index (Phi) is 1.24. The third-order valence-electron chi connectivity index (χ3n) is 0. The van der Waals surface area contributed by atoms with Gasteiger partial charge in [0.1, 0.15) is 0 Å². The van der Waals surface area contributed by atoms with Gasteiger partial charge in [0.2, 0.25) is 0 Å². The van der Waals surface area contributed by atoms with Crippen LogP contribution in [-0.4, -0.2) is 14.2 Å². The van der Waals surface area contributed by atoms with Crippen molar-refractivity contribution >= 4 is 7.85 Å². The van der Waals surface area contributed by atoms with Gasteiger partial charge in [0.25, 0.3) is 0 Å². The van der Waals surface area contributed by atoms with Gasteiger partial charge in [-0.15, -0.1) is 0 Å². The Morgan fingerprint density at radius 3 is 1.50 bits per heavy atom. The monoisotopic (exact) mass is 62.0 g/mol. The molecule has 0 rings (SSSR count). The van der Waals surface area contributed by atoms with E-state index in [1.165, 1.54) is 0 Å². The van der Waals surface area contributed by atoms with E-state index in [1.807, 2.05) is 0 Å². The second-order valence-corrected chi connectivity index (χ2v) is 0.334. The van der Waals surface area contributed by atoms with Crippen molar-refractivity contribution < 1.29 is 8.78 Å². The number of alkyl halides is 2. The van der Waals surface area contributed by atoms with Crippen LogP contribution in [0.4, 0.5) is 8.78 Å². The molecule has 0 heterocycles. The van der Waals surface area contributed by atoms with E-state index < -0.39 is 6.32 Å². The summed E-state index contributed by atoms with van der Waals surface area (Å²) < 4.78 is 20.2. The molecule has 0 saturated carbocycles. The maximum atomic E-state index is 10.1. The van der Waals surface area contributed by atoms with Gasteiger partial charge in [-0.2, -0.15) is 0 Å². The third-order valence-corrected chi connectivity index (χ3v) is 0. The fraction of sp³-hybridized carbons (Fsp3) is 1.00. The van der Waals surface area contributed by atoms with E-state index in [4.69, 9.17) is 0 Å². The molecule has 22 valence electrons. The Balaban J connectivity index is 2.32. The Labute approximate surface area is 24.2 Å². The zero-order chi connectivity index (χ0) is 3.58. The summed E-state index contributed by atoms with van der Waals surface area (Å²) in [6.07, 6.45) is -2.67. The van der Waals surface area contributed by atoms with Crippen molar-refractivity contribution in [3.05, 3.63) is 0 Å². The number of rotatable bonds is 0. The standard InChI is InChI=1S/CHBF2/c2-1(3)4/h1H. The van der Waals surface area contributed by atoms with Gasteiger partial charge < -0.3 is 0 Å². The summed E-state index contributed by atoms with van der Waals surface area (Å²) in [6, 6.07) is 0. The van der Waals surface area contributed by atoms with Crippen molar-refractivity contribution in [1.82, 2.24) is 0 Å². The lowest BCUT2D eigenvalue weighted by atomic mass is 10.2.